The van der Waals surface area contributed by atoms with Crippen LogP contribution < -0.4 is 5.43 Å². The lowest BCUT2D eigenvalue weighted by Gasteiger charge is -2.00. The molecule has 0 atom stereocenters. The predicted molar refractivity (Wildman–Crippen MR) is 43.4 cm³/mol. The number of amides is 1. The van der Waals surface area contributed by atoms with Crippen LogP contribution in [0.1, 0.15) is 10.4 Å². The van der Waals surface area contributed by atoms with Crippen molar-refractivity contribution in [3.63, 3.8) is 0 Å². The standard InChI is InChI=1S/C8H6F2N2O/c1-11-12-8(13)6-3-2-5(9)4-7(6)10/h2-4H,1H2,(H,12,13). The average Bonchev–Trinajstić information content (AvgIpc) is 2.04. The zero-order chi connectivity index (χ0) is 9.84. The molecule has 1 amide bonds. The second-order valence-electron chi connectivity index (χ2n) is 2.22. The van der Waals surface area contributed by atoms with Crippen LogP contribution in [0.2, 0.25) is 0 Å². The van der Waals surface area contributed by atoms with E-state index in [1.165, 1.54) is 0 Å². The Labute approximate surface area is 73.1 Å². The van der Waals surface area contributed by atoms with Gasteiger partial charge in [0.2, 0.25) is 0 Å². The third kappa shape index (κ3) is 2.08. The molecule has 0 fully saturated rings. The number of hydrogen-bond acceptors (Lipinski definition) is 2. The van der Waals surface area contributed by atoms with Gasteiger partial charge in [0, 0.05) is 12.8 Å². The lowest BCUT2D eigenvalue weighted by molar-refractivity contribution is 0.0951. The van der Waals surface area contributed by atoms with E-state index in [2.05, 4.69) is 11.8 Å². The second-order valence-corrected chi connectivity index (χ2v) is 2.22. The van der Waals surface area contributed by atoms with Gasteiger partial charge in [0.15, 0.2) is 0 Å². The number of rotatable bonds is 2. The molecule has 0 aliphatic carbocycles. The number of carbonyl (C=O) groups excluding carboxylic acids is 1. The maximum absolute atomic E-state index is 12.9. The highest BCUT2D eigenvalue weighted by atomic mass is 19.1. The maximum atomic E-state index is 12.9. The van der Waals surface area contributed by atoms with Gasteiger partial charge >= 0.3 is 0 Å². The molecule has 68 valence electrons. The van der Waals surface area contributed by atoms with Gasteiger partial charge in [-0.1, -0.05) is 0 Å². The van der Waals surface area contributed by atoms with E-state index in [9.17, 15) is 13.6 Å². The Balaban J connectivity index is 3.01. The molecular formula is C8H6F2N2O. The van der Waals surface area contributed by atoms with E-state index in [0.29, 0.717) is 6.07 Å². The highest BCUT2D eigenvalue weighted by Crippen LogP contribution is 2.08. The summed E-state index contributed by atoms with van der Waals surface area (Å²) in [4.78, 5) is 11.0. The molecule has 0 saturated carbocycles. The third-order valence-corrected chi connectivity index (χ3v) is 1.36. The van der Waals surface area contributed by atoms with Gasteiger partial charge in [0.05, 0.1) is 5.56 Å². The molecule has 1 rings (SSSR count). The van der Waals surface area contributed by atoms with Gasteiger partial charge in [-0.15, -0.1) is 0 Å². The van der Waals surface area contributed by atoms with Crippen molar-refractivity contribution in [2.75, 3.05) is 0 Å². The number of nitrogens with one attached hydrogen (secondary N) is 1. The van der Waals surface area contributed by atoms with Gasteiger partial charge in [0.1, 0.15) is 11.6 Å². The molecule has 3 nitrogen and oxygen atoms in total. The van der Waals surface area contributed by atoms with Crippen molar-refractivity contribution >= 4 is 12.6 Å². The molecule has 0 radical (unpaired) electrons. The van der Waals surface area contributed by atoms with E-state index in [4.69, 9.17) is 0 Å². The maximum Gasteiger partial charge on any atom is 0.274 e. The van der Waals surface area contributed by atoms with Crippen molar-refractivity contribution < 1.29 is 13.6 Å². The van der Waals surface area contributed by atoms with E-state index in [-0.39, 0.29) is 5.56 Å². The first-order valence-corrected chi connectivity index (χ1v) is 3.36. The molecule has 1 aromatic carbocycles. The summed E-state index contributed by atoms with van der Waals surface area (Å²) >= 11 is 0. The summed E-state index contributed by atoms with van der Waals surface area (Å²) in [6, 6.07) is 2.64. The first-order chi connectivity index (χ1) is 6.15. The van der Waals surface area contributed by atoms with Crippen LogP contribution in [0.5, 0.6) is 0 Å². The van der Waals surface area contributed by atoms with Gasteiger partial charge in [-0.25, -0.2) is 14.2 Å². The molecule has 13 heavy (non-hydrogen) atoms. The van der Waals surface area contributed by atoms with Gasteiger partial charge in [-0.05, 0) is 12.1 Å². The van der Waals surface area contributed by atoms with Crippen LogP contribution in [-0.2, 0) is 0 Å². The molecule has 0 heterocycles. The zero-order valence-corrected chi connectivity index (χ0v) is 6.55. The molecule has 1 aromatic rings. The molecule has 0 aliphatic rings. The zero-order valence-electron chi connectivity index (χ0n) is 6.55. The predicted octanol–water partition coefficient (Wildman–Crippen LogP) is 1.31. The highest BCUT2D eigenvalue weighted by molar-refractivity contribution is 5.94. The molecule has 1 N–H and O–H groups in total. The number of benzene rings is 1. The molecule has 0 unspecified atom stereocenters. The third-order valence-electron chi connectivity index (χ3n) is 1.36. The van der Waals surface area contributed by atoms with Crippen LogP contribution >= 0.6 is 0 Å². The Morgan fingerprint density at radius 1 is 1.46 bits per heavy atom. The number of carbonyl (C=O) groups is 1. The SMILES string of the molecule is C=NNC(=O)c1ccc(F)cc1F. The minimum absolute atomic E-state index is 0.270. The summed E-state index contributed by atoms with van der Waals surface area (Å²) in [5, 5.41) is 3.07. The first kappa shape index (κ1) is 9.31. The van der Waals surface area contributed by atoms with Crippen LogP contribution in [0.15, 0.2) is 23.3 Å². The summed E-state index contributed by atoms with van der Waals surface area (Å²) in [7, 11) is 0. The van der Waals surface area contributed by atoms with Gasteiger partial charge in [-0.2, -0.15) is 5.10 Å². The lowest BCUT2D eigenvalue weighted by Crippen LogP contribution is -2.18. The fourth-order valence-electron chi connectivity index (χ4n) is 0.806. The Morgan fingerprint density at radius 3 is 2.69 bits per heavy atom. The van der Waals surface area contributed by atoms with Crippen molar-refractivity contribution in [1.82, 2.24) is 5.43 Å². The molecule has 0 spiro atoms. The quantitative estimate of drug-likeness (QED) is 0.546. The smallest absolute Gasteiger partial charge is 0.267 e. The van der Waals surface area contributed by atoms with Crippen molar-refractivity contribution in [3.8, 4) is 0 Å². The van der Waals surface area contributed by atoms with E-state index in [1.807, 2.05) is 5.43 Å². The van der Waals surface area contributed by atoms with Crippen LogP contribution in [0.4, 0.5) is 8.78 Å². The molecule has 0 aromatic heterocycles. The van der Waals surface area contributed by atoms with Crippen molar-refractivity contribution in [1.29, 1.82) is 0 Å². The number of nitrogens with zero attached hydrogens (tertiary/aromatic N) is 1. The van der Waals surface area contributed by atoms with Crippen LogP contribution in [0.3, 0.4) is 0 Å². The summed E-state index contributed by atoms with van der Waals surface area (Å²) < 4.78 is 25.3. The Bertz CT molecular complexity index is 352. The molecule has 0 saturated heterocycles. The van der Waals surface area contributed by atoms with E-state index in [1.54, 1.807) is 0 Å². The normalized spacial score (nSPS) is 9.38. The molecule has 0 aliphatic heterocycles. The van der Waals surface area contributed by atoms with Crippen LogP contribution in [-0.4, -0.2) is 12.6 Å². The molecule has 0 bridgehead atoms. The van der Waals surface area contributed by atoms with Gasteiger partial charge < -0.3 is 0 Å². The highest BCUT2D eigenvalue weighted by Gasteiger charge is 2.10. The number of halogens is 2. The summed E-state index contributed by atoms with van der Waals surface area (Å²) in [5.41, 5.74) is 1.66. The minimum Gasteiger partial charge on any atom is -0.267 e. The first-order valence-electron chi connectivity index (χ1n) is 3.36. The fourth-order valence-corrected chi connectivity index (χ4v) is 0.806. The number of hydrazone groups is 1. The van der Waals surface area contributed by atoms with Crippen LogP contribution in [0.25, 0.3) is 0 Å². The summed E-state index contributed by atoms with van der Waals surface area (Å²) in [6.07, 6.45) is 0. The largest absolute Gasteiger partial charge is 0.274 e. The number of hydrogen-bond donors (Lipinski definition) is 1. The lowest BCUT2D eigenvalue weighted by atomic mass is 10.2. The average molecular weight is 184 g/mol. The molecule has 5 heteroatoms. The summed E-state index contributed by atoms with van der Waals surface area (Å²) in [6.45, 7) is 2.99. The second kappa shape index (κ2) is 3.75. The van der Waals surface area contributed by atoms with E-state index < -0.39 is 17.5 Å². The monoisotopic (exact) mass is 184 g/mol. The Morgan fingerprint density at radius 2 is 2.15 bits per heavy atom. The van der Waals surface area contributed by atoms with Crippen molar-refractivity contribution in [2.45, 2.75) is 0 Å². The van der Waals surface area contributed by atoms with E-state index in [0.717, 1.165) is 12.1 Å². The Hall–Kier alpha value is -1.78. The Kier molecular flexibility index (Phi) is 2.69. The van der Waals surface area contributed by atoms with Crippen LogP contribution in [0, 0.1) is 11.6 Å². The van der Waals surface area contributed by atoms with Crippen molar-refractivity contribution in [2.24, 2.45) is 5.10 Å². The molecular weight excluding hydrogens is 178 g/mol. The van der Waals surface area contributed by atoms with Crippen molar-refractivity contribution in [3.05, 3.63) is 35.4 Å². The van der Waals surface area contributed by atoms with E-state index >= 15 is 0 Å². The van der Waals surface area contributed by atoms with Gasteiger partial charge in [0.25, 0.3) is 5.91 Å². The fraction of sp³-hybridized carbons (Fsp3) is 0. The topological polar surface area (TPSA) is 41.5 Å². The summed E-state index contributed by atoms with van der Waals surface area (Å²) in [5.74, 6) is -2.42. The minimum atomic E-state index is -0.929. The van der Waals surface area contributed by atoms with Gasteiger partial charge in [-0.3, -0.25) is 4.79 Å².